The molecule has 30 nitrogen and oxygen atoms in total. The molecular weight excluding hydrogens is 1180 g/mol. The summed E-state index contributed by atoms with van der Waals surface area (Å²) < 4.78 is 0. The molecule has 0 aromatic heterocycles. The van der Waals surface area contributed by atoms with Crippen molar-refractivity contribution in [3.05, 3.63) is 106 Å². The Kier molecular flexibility index (Phi) is 29.9. The van der Waals surface area contributed by atoms with Gasteiger partial charge in [-0.1, -0.05) is 0 Å². The van der Waals surface area contributed by atoms with Crippen LogP contribution in [0, 0.1) is 0 Å². The quantitative estimate of drug-likeness (QED) is 0.0580. The molecule has 20 N–H and O–H groups in total. The van der Waals surface area contributed by atoms with Gasteiger partial charge in [0.15, 0.2) is 103 Å². The average Bonchev–Trinajstić information content (AvgIpc) is 3.29. The molecule has 0 aliphatic heterocycles. The van der Waals surface area contributed by atoms with Crippen molar-refractivity contribution < 1.29 is 171 Å². The Morgan fingerprint density at radius 3 is 0.427 bits per heavy atom. The van der Waals surface area contributed by atoms with Gasteiger partial charge in [0.1, 0.15) is 0 Å². The van der Waals surface area contributed by atoms with Gasteiger partial charge < -0.3 is 142 Å². The van der Waals surface area contributed by atoms with Crippen molar-refractivity contribution in [1.29, 1.82) is 0 Å². The predicted octanol–water partition coefficient (Wildman–Crippen LogP) is -3.09. The van der Waals surface area contributed by atoms with E-state index in [1.807, 2.05) is 0 Å². The first-order chi connectivity index (χ1) is 33.1. The maximum Gasteiger partial charge on any atom is 2.00 e. The van der Waals surface area contributed by atoms with Crippen molar-refractivity contribution in [2.75, 3.05) is 0 Å². The SMILES string of the molecule is O=C(O)c1cc(O)c(O)c(O)c1.O=C(O)c1cc(O)c(O)c(O)c1.O=C([O-])c1cc(O)c(O)c(O)c1.O=C([O-])c1cc(O)c(O)c(O)c1.O=C([O-])c1cc(O)c(O)c(O)c1.O=C([O-])c1cc(O)c(O)c(O)c1.[Ca+2].[Sr+2].[Zn]. The Morgan fingerprint density at radius 2 is 0.347 bits per heavy atom. The van der Waals surface area contributed by atoms with Crippen LogP contribution < -0.4 is 20.4 Å². The normalized spacial score (nSPS) is 9.28. The van der Waals surface area contributed by atoms with E-state index in [0.717, 1.165) is 72.8 Å². The molecule has 0 fully saturated rings. The number of phenolic OH excluding ortho intramolecular Hbond substituents is 18. The summed E-state index contributed by atoms with van der Waals surface area (Å²) in [5.74, 6) is -21.4. The van der Waals surface area contributed by atoms with Crippen LogP contribution in [0.4, 0.5) is 0 Å². The Labute approximate surface area is 494 Å². The zero-order valence-electron chi connectivity index (χ0n) is 37.1. The molecule has 6 aromatic rings. The summed E-state index contributed by atoms with van der Waals surface area (Å²) in [6, 6.07) is 9.64. The van der Waals surface area contributed by atoms with Gasteiger partial charge in [-0.05, 0) is 72.8 Å². The maximum absolute atomic E-state index is 10.3. The van der Waals surface area contributed by atoms with Crippen LogP contribution in [0.1, 0.15) is 62.1 Å². The number of aromatic carboxylic acids is 6. The van der Waals surface area contributed by atoms with Gasteiger partial charge >= 0.3 is 95.2 Å². The van der Waals surface area contributed by atoms with E-state index < -0.39 is 162 Å². The van der Waals surface area contributed by atoms with Gasteiger partial charge in [0.2, 0.25) is 0 Å². The van der Waals surface area contributed by atoms with Crippen molar-refractivity contribution in [1.82, 2.24) is 0 Å². The molecule has 0 radical (unpaired) electrons. The van der Waals surface area contributed by atoms with Crippen LogP contribution in [0.25, 0.3) is 0 Å². The number of carboxylic acid groups (broad SMARTS) is 6. The maximum atomic E-state index is 10.3. The third-order valence-electron chi connectivity index (χ3n) is 7.85. The van der Waals surface area contributed by atoms with Crippen LogP contribution >= 0.6 is 0 Å². The van der Waals surface area contributed by atoms with E-state index in [1.54, 1.807) is 0 Å². The van der Waals surface area contributed by atoms with Gasteiger partial charge in [0, 0.05) is 41.7 Å². The number of benzene rings is 6. The zero-order valence-corrected chi connectivity index (χ0v) is 45.7. The average molecular weight is 1210 g/mol. The largest absolute Gasteiger partial charge is 2.00 e. The van der Waals surface area contributed by atoms with Crippen LogP contribution in [0.5, 0.6) is 103 Å². The Morgan fingerprint density at radius 1 is 0.253 bits per heavy atom. The molecule has 33 heteroatoms. The molecular formula is C42H32CaO30SrZn. The number of hydrogen-bond donors (Lipinski definition) is 20. The van der Waals surface area contributed by atoms with E-state index in [1.165, 1.54) is 0 Å². The summed E-state index contributed by atoms with van der Waals surface area (Å²) >= 11 is 0. The molecule has 0 bridgehead atoms. The summed E-state index contributed by atoms with van der Waals surface area (Å²) in [5.41, 5.74) is -2.18. The van der Waals surface area contributed by atoms with Crippen molar-refractivity contribution >= 4 is 119 Å². The second-order valence-electron chi connectivity index (χ2n) is 12.9. The molecule has 0 heterocycles. The fourth-order valence-electron chi connectivity index (χ4n) is 4.34. The van der Waals surface area contributed by atoms with E-state index in [2.05, 4.69) is 0 Å². The summed E-state index contributed by atoms with van der Waals surface area (Å²) in [6.07, 6.45) is 0. The summed E-state index contributed by atoms with van der Waals surface area (Å²) in [6.45, 7) is 0. The van der Waals surface area contributed by atoms with Crippen LogP contribution in [0.3, 0.4) is 0 Å². The molecule has 75 heavy (non-hydrogen) atoms. The van der Waals surface area contributed by atoms with Crippen molar-refractivity contribution in [2.24, 2.45) is 0 Å². The molecule has 6 aromatic carbocycles. The standard InChI is InChI=1S/6C7H6O5.Ca.Sr.Zn/c6*8-4-1-3(7(11)12)2-5(9)6(4)10;;;/h6*1-2,8-10H,(H,11,12);;;/q;;;;;;2*+2;/p-4. The molecule has 0 aliphatic carbocycles. The van der Waals surface area contributed by atoms with Crippen molar-refractivity contribution in [3.8, 4) is 103 Å². The Balaban J connectivity index is -0.000000823. The molecule has 0 unspecified atom stereocenters. The predicted molar refractivity (Wildman–Crippen MR) is 231 cm³/mol. The van der Waals surface area contributed by atoms with Gasteiger partial charge in [0.05, 0.1) is 35.0 Å². The molecule has 0 atom stereocenters. The van der Waals surface area contributed by atoms with E-state index in [-0.39, 0.29) is 114 Å². The number of carbonyl (C=O) groups excluding carboxylic acids is 4. The third-order valence-corrected chi connectivity index (χ3v) is 7.85. The summed E-state index contributed by atoms with van der Waals surface area (Å²) in [5, 5.41) is 217. The zero-order chi connectivity index (χ0) is 55.8. The molecule has 386 valence electrons. The second kappa shape index (κ2) is 31.5. The first-order valence-electron chi connectivity index (χ1n) is 17.9. The Bertz CT molecular complexity index is 2390. The van der Waals surface area contributed by atoms with Gasteiger partial charge in [-0.3, -0.25) is 0 Å². The van der Waals surface area contributed by atoms with E-state index >= 15 is 0 Å². The minimum atomic E-state index is -1.54. The molecule has 0 saturated heterocycles. The molecule has 6 rings (SSSR count). The Hall–Kier alpha value is -8.10. The fourth-order valence-corrected chi connectivity index (χ4v) is 4.34. The summed E-state index contributed by atoms with van der Waals surface area (Å²) in [7, 11) is 0. The van der Waals surface area contributed by atoms with Gasteiger partial charge in [-0.2, -0.15) is 0 Å². The number of carboxylic acids is 6. The molecule has 0 saturated carbocycles. The van der Waals surface area contributed by atoms with Gasteiger partial charge in [-0.25, -0.2) is 9.59 Å². The number of hydrogen-bond acceptors (Lipinski definition) is 28. The van der Waals surface area contributed by atoms with Crippen LogP contribution in [0.15, 0.2) is 72.8 Å². The van der Waals surface area contributed by atoms with Crippen molar-refractivity contribution in [2.45, 2.75) is 0 Å². The first-order valence-corrected chi connectivity index (χ1v) is 17.9. The van der Waals surface area contributed by atoms with E-state index in [9.17, 15) is 49.2 Å². The van der Waals surface area contributed by atoms with Gasteiger partial charge in [-0.15, -0.1) is 0 Å². The van der Waals surface area contributed by atoms with E-state index in [0.29, 0.717) is 0 Å². The topological polar surface area (TPSA) is 599 Å². The number of carbonyl (C=O) groups is 6. The van der Waals surface area contributed by atoms with E-state index in [4.69, 9.17) is 102 Å². The third kappa shape index (κ3) is 21.5. The summed E-state index contributed by atoms with van der Waals surface area (Å²) in [4.78, 5) is 61.4. The van der Waals surface area contributed by atoms with Gasteiger partial charge in [0.25, 0.3) is 0 Å². The van der Waals surface area contributed by atoms with Crippen LogP contribution in [0.2, 0.25) is 0 Å². The number of rotatable bonds is 6. The van der Waals surface area contributed by atoms with Crippen LogP contribution in [-0.2, 0) is 19.5 Å². The minimum Gasteiger partial charge on any atom is -0.545 e. The van der Waals surface area contributed by atoms with Crippen LogP contribution in [-0.4, -0.2) is 221 Å². The van der Waals surface area contributed by atoms with Crippen molar-refractivity contribution in [3.63, 3.8) is 0 Å². The minimum absolute atomic E-state index is 0. The molecule has 0 aliphatic rings. The fraction of sp³-hybridized carbons (Fsp3) is 0. The molecule has 0 spiro atoms. The monoisotopic (exact) mass is 1210 g/mol. The number of phenols is 18. The second-order valence-corrected chi connectivity index (χ2v) is 12.9. The molecule has 0 amide bonds. The smallest absolute Gasteiger partial charge is 0.545 e. The first kappa shape index (κ1) is 71.2. The number of aromatic hydroxyl groups is 18.